The molecule has 2 atom stereocenters. The van der Waals surface area contributed by atoms with Gasteiger partial charge in [-0.1, -0.05) is 6.42 Å². The van der Waals surface area contributed by atoms with Crippen molar-refractivity contribution < 1.29 is 43.9 Å². The molecule has 0 bridgehead atoms. The Labute approximate surface area is 226 Å². The molecule has 2 aliphatic heterocycles. The van der Waals surface area contributed by atoms with Crippen LogP contribution in [0, 0.1) is 0 Å². The highest BCUT2D eigenvalue weighted by Crippen LogP contribution is 2.45. The average molecular weight is 542 g/mol. The van der Waals surface area contributed by atoms with Gasteiger partial charge in [0.1, 0.15) is 0 Å². The molecule has 0 spiro atoms. The SMILES string of the molecule is COc1cc2c3c(c4cc(OC)c(OC)cc4c2cc1OC)CN1CCCCC1C3.O=C(O)CC(O)C(=O)O. The number of benzene rings is 3. The smallest absolute Gasteiger partial charge is 0.333 e. The van der Waals surface area contributed by atoms with E-state index in [0.29, 0.717) is 6.04 Å². The topological polar surface area (TPSA) is 135 Å². The van der Waals surface area contributed by atoms with Crippen LogP contribution in [0.2, 0.25) is 0 Å². The van der Waals surface area contributed by atoms with E-state index < -0.39 is 24.5 Å². The minimum Gasteiger partial charge on any atom is -0.493 e. The van der Waals surface area contributed by atoms with E-state index in [1.165, 1.54) is 53.1 Å². The summed E-state index contributed by atoms with van der Waals surface area (Å²) >= 11 is 0. The zero-order valence-corrected chi connectivity index (χ0v) is 22.7. The van der Waals surface area contributed by atoms with E-state index in [9.17, 15) is 9.59 Å². The molecule has 2 unspecified atom stereocenters. The third-order valence-electron chi connectivity index (χ3n) is 7.56. The molecule has 1 saturated heterocycles. The van der Waals surface area contributed by atoms with Gasteiger partial charge in [0.2, 0.25) is 0 Å². The molecule has 0 saturated carbocycles. The molecule has 3 N–H and O–H groups in total. The molecule has 3 aromatic carbocycles. The largest absolute Gasteiger partial charge is 0.493 e. The molecular formula is C29H35NO9. The molecule has 39 heavy (non-hydrogen) atoms. The number of rotatable bonds is 7. The maximum atomic E-state index is 9.72. The van der Waals surface area contributed by atoms with Crippen LogP contribution in [0.15, 0.2) is 24.3 Å². The fraction of sp³-hybridized carbons (Fsp3) is 0.448. The highest BCUT2D eigenvalue weighted by atomic mass is 16.5. The Bertz CT molecular complexity index is 1300. The highest BCUT2D eigenvalue weighted by molar-refractivity contribution is 6.13. The number of piperidine rings is 1. The predicted molar refractivity (Wildman–Crippen MR) is 145 cm³/mol. The van der Waals surface area contributed by atoms with E-state index in [2.05, 4.69) is 29.2 Å². The number of carbonyl (C=O) groups is 2. The normalized spacial score (nSPS) is 17.3. The summed E-state index contributed by atoms with van der Waals surface area (Å²) in [6.45, 7) is 2.17. The number of ether oxygens (including phenoxy) is 4. The van der Waals surface area contributed by atoms with Crippen LogP contribution in [0.25, 0.3) is 21.5 Å². The van der Waals surface area contributed by atoms with Crippen LogP contribution in [-0.4, -0.2) is 79.3 Å². The number of fused-ring (bicyclic) bond motifs is 7. The Morgan fingerprint density at radius 2 is 1.31 bits per heavy atom. The van der Waals surface area contributed by atoms with Crippen molar-refractivity contribution in [3.05, 3.63) is 35.4 Å². The number of carboxylic acid groups (broad SMARTS) is 2. The Hall–Kier alpha value is -3.76. The lowest BCUT2D eigenvalue weighted by molar-refractivity contribution is -0.152. The van der Waals surface area contributed by atoms with Gasteiger partial charge in [-0.3, -0.25) is 9.69 Å². The third kappa shape index (κ3) is 5.67. The molecule has 210 valence electrons. The molecule has 3 aromatic rings. The lowest BCUT2D eigenvalue weighted by atomic mass is 9.82. The standard InChI is InChI=1S/C25H29NO4.C4H6O5/c1-27-22-10-17-16-9-15-7-5-6-8-26(15)14-21(16)20-13-25(30-4)24(29-3)12-19(20)18(17)11-23(22)28-2;5-2(4(8)9)1-3(6)7/h10-13,15H,5-9,14H2,1-4H3;2,5H,1H2,(H,6,7)(H,8,9). The van der Waals surface area contributed by atoms with Crippen molar-refractivity contribution in [1.82, 2.24) is 4.90 Å². The van der Waals surface area contributed by atoms with E-state index >= 15 is 0 Å². The van der Waals surface area contributed by atoms with Gasteiger partial charge in [-0.2, -0.15) is 0 Å². The number of aliphatic carboxylic acids is 2. The Morgan fingerprint density at radius 1 is 0.821 bits per heavy atom. The van der Waals surface area contributed by atoms with Crippen molar-refractivity contribution >= 4 is 33.5 Å². The molecular weight excluding hydrogens is 506 g/mol. The van der Waals surface area contributed by atoms with E-state index in [4.69, 9.17) is 34.3 Å². The van der Waals surface area contributed by atoms with Crippen molar-refractivity contribution in [3.8, 4) is 23.0 Å². The van der Waals surface area contributed by atoms with Crippen LogP contribution in [0.5, 0.6) is 23.0 Å². The first-order valence-corrected chi connectivity index (χ1v) is 12.8. The summed E-state index contributed by atoms with van der Waals surface area (Å²) in [5.41, 5.74) is 2.85. The Morgan fingerprint density at radius 3 is 1.74 bits per heavy atom. The maximum Gasteiger partial charge on any atom is 0.333 e. The van der Waals surface area contributed by atoms with Crippen molar-refractivity contribution in [2.75, 3.05) is 35.0 Å². The number of aliphatic hydroxyl groups excluding tert-OH is 1. The Balaban J connectivity index is 0.000000340. The first kappa shape index (κ1) is 28.3. The molecule has 10 heteroatoms. The van der Waals surface area contributed by atoms with Crippen molar-refractivity contribution in [2.45, 2.75) is 50.8 Å². The summed E-state index contributed by atoms with van der Waals surface area (Å²) in [5.74, 6) is 0.192. The fourth-order valence-electron chi connectivity index (χ4n) is 5.63. The van der Waals surface area contributed by atoms with Gasteiger partial charge in [-0.05, 0) is 82.7 Å². The average Bonchev–Trinajstić information content (AvgIpc) is 2.94. The summed E-state index contributed by atoms with van der Waals surface area (Å²) in [6, 6.07) is 9.14. The van der Waals surface area contributed by atoms with Gasteiger partial charge >= 0.3 is 11.9 Å². The molecule has 2 aliphatic rings. The van der Waals surface area contributed by atoms with Crippen LogP contribution in [0.1, 0.15) is 36.8 Å². The number of aliphatic hydroxyl groups is 1. The summed E-state index contributed by atoms with van der Waals surface area (Å²) in [7, 11) is 6.78. The summed E-state index contributed by atoms with van der Waals surface area (Å²) in [4.78, 5) is 22.1. The summed E-state index contributed by atoms with van der Waals surface area (Å²) < 4.78 is 22.6. The van der Waals surface area contributed by atoms with Crippen LogP contribution in [-0.2, 0) is 22.6 Å². The molecule has 0 radical (unpaired) electrons. The van der Waals surface area contributed by atoms with Gasteiger partial charge in [-0.25, -0.2) is 4.79 Å². The minimum atomic E-state index is -1.79. The van der Waals surface area contributed by atoms with E-state index in [1.54, 1.807) is 28.4 Å². The van der Waals surface area contributed by atoms with E-state index in [0.717, 1.165) is 41.3 Å². The zero-order chi connectivity index (χ0) is 28.3. The third-order valence-corrected chi connectivity index (χ3v) is 7.56. The number of nitrogens with zero attached hydrogens (tertiary/aromatic N) is 1. The lowest BCUT2D eigenvalue weighted by Gasteiger charge is -2.41. The molecule has 0 aliphatic carbocycles. The lowest BCUT2D eigenvalue weighted by Crippen LogP contribution is -2.43. The number of methoxy groups -OCH3 is 4. The van der Waals surface area contributed by atoms with Crippen LogP contribution in [0.3, 0.4) is 0 Å². The molecule has 5 rings (SSSR count). The van der Waals surface area contributed by atoms with E-state index in [1.807, 2.05) is 0 Å². The first-order valence-electron chi connectivity index (χ1n) is 12.8. The zero-order valence-electron chi connectivity index (χ0n) is 22.7. The number of hydrogen-bond donors (Lipinski definition) is 3. The second-order valence-electron chi connectivity index (χ2n) is 9.74. The van der Waals surface area contributed by atoms with Crippen LogP contribution in [0.4, 0.5) is 0 Å². The van der Waals surface area contributed by atoms with Gasteiger partial charge in [0.05, 0.1) is 34.9 Å². The Kier molecular flexibility index (Phi) is 8.66. The van der Waals surface area contributed by atoms with Crippen molar-refractivity contribution in [1.29, 1.82) is 0 Å². The minimum absolute atomic E-state index is 0.625. The number of hydrogen-bond acceptors (Lipinski definition) is 8. The fourth-order valence-corrected chi connectivity index (χ4v) is 5.63. The quantitative estimate of drug-likeness (QED) is 0.379. The van der Waals surface area contributed by atoms with Crippen LogP contribution < -0.4 is 18.9 Å². The predicted octanol–water partition coefficient (Wildman–Crippen LogP) is 3.84. The first-order chi connectivity index (χ1) is 18.7. The van der Waals surface area contributed by atoms with E-state index in [-0.39, 0.29) is 0 Å². The van der Waals surface area contributed by atoms with Gasteiger partial charge in [-0.15, -0.1) is 0 Å². The summed E-state index contributed by atoms with van der Waals surface area (Å²) in [5, 5.41) is 29.0. The molecule has 0 aromatic heterocycles. The van der Waals surface area contributed by atoms with Crippen molar-refractivity contribution in [3.63, 3.8) is 0 Å². The molecule has 10 nitrogen and oxygen atoms in total. The second kappa shape index (κ2) is 12.0. The highest BCUT2D eigenvalue weighted by Gasteiger charge is 2.31. The molecule has 1 fully saturated rings. The van der Waals surface area contributed by atoms with Gasteiger partial charge in [0, 0.05) is 12.6 Å². The maximum absolute atomic E-state index is 9.72. The monoisotopic (exact) mass is 541 g/mol. The summed E-state index contributed by atoms with van der Waals surface area (Å²) in [6.07, 6.45) is 2.42. The van der Waals surface area contributed by atoms with Gasteiger partial charge in [0.15, 0.2) is 29.1 Å². The second-order valence-corrected chi connectivity index (χ2v) is 9.74. The van der Waals surface area contributed by atoms with Gasteiger partial charge in [0.25, 0.3) is 0 Å². The number of carboxylic acids is 2. The van der Waals surface area contributed by atoms with Crippen molar-refractivity contribution in [2.24, 2.45) is 0 Å². The molecule has 0 amide bonds. The molecule has 2 heterocycles. The van der Waals surface area contributed by atoms with Crippen LogP contribution >= 0.6 is 0 Å². The van der Waals surface area contributed by atoms with Gasteiger partial charge < -0.3 is 34.3 Å².